The Balaban J connectivity index is 1.49. The van der Waals surface area contributed by atoms with Gasteiger partial charge in [0.15, 0.2) is 18.9 Å². The zero-order chi connectivity index (χ0) is 16.2. The second-order valence-corrected chi connectivity index (χ2v) is 6.48. The maximum atomic E-state index is 4.26. The van der Waals surface area contributed by atoms with Gasteiger partial charge < -0.3 is 0 Å². The van der Waals surface area contributed by atoms with Crippen LogP contribution in [0.25, 0.3) is 17.1 Å². The zero-order valence-corrected chi connectivity index (χ0v) is 13.8. The van der Waals surface area contributed by atoms with E-state index in [1.807, 2.05) is 23.0 Å². The van der Waals surface area contributed by atoms with Crippen molar-refractivity contribution in [2.24, 2.45) is 5.92 Å². The fourth-order valence-corrected chi connectivity index (χ4v) is 3.44. The molecule has 24 heavy (non-hydrogen) atoms. The van der Waals surface area contributed by atoms with E-state index in [2.05, 4.69) is 51.2 Å². The van der Waals surface area contributed by atoms with Crippen LogP contribution in [-0.2, 0) is 6.54 Å². The van der Waals surface area contributed by atoms with Gasteiger partial charge in [-0.15, -0.1) is 0 Å². The molecule has 0 aliphatic heterocycles. The maximum absolute atomic E-state index is 4.26. The van der Waals surface area contributed by atoms with Crippen LogP contribution in [0.3, 0.4) is 0 Å². The lowest BCUT2D eigenvalue weighted by molar-refractivity contribution is -0.703. The molecule has 0 N–H and O–H groups in total. The van der Waals surface area contributed by atoms with Gasteiger partial charge in [-0.05, 0) is 36.1 Å². The standard InChI is InChI=1S/C20H22N4/c1-2-5-17(4-1)16-23-12-6-18(7-13-23)19-8-14-24(15-9-19)20-21-10-3-11-22-20/h3,6-15,17H,1-2,4-5,16H2/q+2. The van der Waals surface area contributed by atoms with Gasteiger partial charge in [0.1, 0.15) is 12.4 Å². The van der Waals surface area contributed by atoms with E-state index in [1.165, 1.54) is 36.8 Å². The van der Waals surface area contributed by atoms with E-state index in [1.54, 1.807) is 12.4 Å². The lowest BCUT2D eigenvalue weighted by Gasteiger charge is -2.05. The SMILES string of the molecule is c1cnc(-[n+]2ccc(-c3cc[n+](CC4CCCC4)cc3)cc2)nc1. The predicted molar refractivity (Wildman–Crippen MR) is 91.2 cm³/mol. The summed E-state index contributed by atoms with van der Waals surface area (Å²) in [5.41, 5.74) is 2.44. The van der Waals surface area contributed by atoms with Crippen molar-refractivity contribution in [2.75, 3.05) is 0 Å². The molecule has 0 aromatic carbocycles. The Labute approximate surface area is 142 Å². The minimum absolute atomic E-state index is 0.687. The Kier molecular flexibility index (Phi) is 4.28. The van der Waals surface area contributed by atoms with Crippen molar-refractivity contribution in [2.45, 2.75) is 32.2 Å². The third kappa shape index (κ3) is 3.32. The van der Waals surface area contributed by atoms with Crippen LogP contribution in [0.4, 0.5) is 0 Å². The fourth-order valence-electron chi connectivity index (χ4n) is 3.44. The van der Waals surface area contributed by atoms with Crippen LogP contribution < -0.4 is 9.13 Å². The Morgan fingerprint density at radius 1 is 0.833 bits per heavy atom. The topological polar surface area (TPSA) is 33.5 Å². The van der Waals surface area contributed by atoms with Gasteiger partial charge in [0, 0.05) is 24.1 Å². The number of rotatable bonds is 4. The lowest BCUT2D eigenvalue weighted by Crippen LogP contribution is -2.36. The van der Waals surface area contributed by atoms with Crippen LogP contribution in [0.1, 0.15) is 25.7 Å². The highest BCUT2D eigenvalue weighted by atomic mass is 15.1. The van der Waals surface area contributed by atoms with Crippen molar-refractivity contribution in [3.05, 3.63) is 67.5 Å². The third-order valence-corrected chi connectivity index (χ3v) is 4.78. The largest absolute Gasteiger partial charge is 0.437 e. The normalized spacial score (nSPS) is 14.8. The second-order valence-electron chi connectivity index (χ2n) is 6.48. The summed E-state index contributed by atoms with van der Waals surface area (Å²) < 4.78 is 4.24. The van der Waals surface area contributed by atoms with Crippen LogP contribution in [0.15, 0.2) is 67.5 Å². The second kappa shape index (κ2) is 6.87. The van der Waals surface area contributed by atoms with Gasteiger partial charge in [-0.2, -0.15) is 0 Å². The van der Waals surface area contributed by atoms with Crippen molar-refractivity contribution in [3.8, 4) is 17.1 Å². The molecule has 4 heteroatoms. The minimum atomic E-state index is 0.687. The molecule has 3 heterocycles. The van der Waals surface area contributed by atoms with Crippen molar-refractivity contribution in [3.63, 3.8) is 0 Å². The van der Waals surface area contributed by atoms with E-state index in [0.29, 0.717) is 5.95 Å². The van der Waals surface area contributed by atoms with E-state index >= 15 is 0 Å². The quantitative estimate of drug-likeness (QED) is 0.693. The van der Waals surface area contributed by atoms with Crippen molar-refractivity contribution in [1.82, 2.24) is 9.97 Å². The number of pyridine rings is 2. The van der Waals surface area contributed by atoms with E-state index in [-0.39, 0.29) is 0 Å². The average molecular weight is 318 g/mol. The van der Waals surface area contributed by atoms with Gasteiger partial charge in [0.25, 0.3) is 0 Å². The summed E-state index contributed by atoms with van der Waals surface area (Å²) in [6, 6.07) is 10.4. The third-order valence-electron chi connectivity index (χ3n) is 4.78. The first kappa shape index (κ1) is 14.9. The van der Waals surface area contributed by atoms with Crippen LogP contribution in [0.5, 0.6) is 0 Å². The average Bonchev–Trinajstić information content (AvgIpc) is 3.16. The van der Waals surface area contributed by atoms with Crippen LogP contribution >= 0.6 is 0 Å². The van der Waals surface area contributed by atoms with E-state index < -0.39 is 0 Å². The molecule has 0 unspecified atom stereocenters. The first-order valence-corrected chi connectivity index (χ1v) is 8.67. The number of hydrogen-bond donors (Lipinski definition) is 0. The minimum Gasteiger partial charge on any atom is -0.206 e. The van der Waals surface area contributed by atoms with E-state index in [9.17, 15) is 0 Å². The molecule has 0 amide bonds. The van der Waals surface area contributed by atoms with Crippen molar-refractivity contribution >= 4 is 0 Å². The van der Waals surface area contributed by atoms with Crippen molar-refractivity contribution in [1.29, 1.82) is 0 Å². The highest BCUT2D eigenvalue weighted by Crippen LogP contribution is 2.24. The molecule has 0 spiro atoms. The van der Waals surface area contributed by atoms with Gasteiger partial charge in [0.05, 0.1) is 12.4 Å². The summed E-state index contributed by atoms with van der Waals surface area (Å²) in [6.45, 7) is 1.15. The summed E-state index contributed by atoms with van der Waals surface area (Å²) >= 11 is 0. The predicted octanol–water partition coefficient (Wildman–Crippen LogP) is 2.90. The Morgan fingerprint density at radius 3 is 2.04 bits per heavy atom. The molecule has 0 bridgehead atoms. The first-order chi connectivity index (χ1) is 11.9. The molecular weight excluding hydrogens is 296 g/mol. The monoisotopic (exact) mass is 318 g/mol. The summed E-state index contributed by atoms with van der Waals surface area (Å²) in [5, 5.41) is 0. The smallest absolute Gasteiger partial charge is 0.206 e. The highest BCUT2D eigenvalue weighted by Gasteiger charge is 2.19. The molecule has 0 atom stereocenters. The summed E-state index contributed by atoms with van der Waals surface area (Å²) in [5.74, 6) is 1.55. The molecule has 1 aliphatic carbocycles. The molecule has 3 aromatic heterocycles. The van der Waals surface area contributed by atoms with Gasteiger partial charge in [-0.1, -0.05) is 22.8 Å². The van der Waals surface area contributed by atoms with Crippen LogP contribution in [-0.4, -0.2) is 9.97 Å². The fraction of sp³-hybridized carbons (Fsp3) is 0.300. The molecule has 4 rings (SSSR count). The summed E-state index contributed by atoms with van der Waals surface area (Å²) in [6.07, 6.45) is 17.5. The van der Waals surface area contributed by atoms with Gasteiger partial charge >= 0.3 is 5.95 Å². The Bertz CT molecular complexity index is 776. The molecule has 1 saturated carbocycles. The van der Waals surface area contributed by atoms with Gasteiger partial charge in [0.2, 0.25) is 0 Å². The molecular formula is C20H22N4+2. The molecule has 0 saturated heterocycles. The van der Waals surface area contributed by atoms with Crippen LogP contribution in [0.2, 0.25) is 0 Å². The van der Waals surface area contributed by atoms with E-state index in [4.69, 9.17) is 0 Å². The Hall–Kier alpha value is -2.62. The van der Waals surface area contributed by atoms with Gasteiger partial charge in [-0.25, -0.2) is 9.13 Å². The van der Waals surface area contributed by atoms with Gasteiger partial charge in [-0.3, -0.25) is 0 Å². The zero-order valence-electron chi connectivity index (χ0n) is 13.8. The first-order valence-electron chi connectivity index (χ1n) is 8.67. The number of nitrogens with zero attached hydrogens (tertiary/aromatic N) is 4. The van der Waals surface area contributed by atoms with E-state index in [0.717, 1.165) is 12.5 Å². The molecule has 3 aromatic rings. The molecule has 4 nitrogen and oxygen atoms in total. The van der Waals surface area contributed by atoms with Crippen molar-refractivity contribution < 1.29 is 9.13 Å². The molecule has 1 aliphatic rings. The maximum Gasteiger partial charge on any atom is 0.437 e. The molecule has 120 valence electrons. The number of hydrogen-bond acceptors (Lipinski definition) is 2. The summed E-state index contributed by atoms with van der Waals surface area (Å²) in [7, 11) is 0. The molecule has 1 fully saturated rings. The lowest BCUT2D eigenvalue weighted by atomic mass is 10.1. The highest BCUT2D eigenvalue weighted by molar-refractivity contribution is 5.61. The summed E-state index contributed by atoms with van der Waals surface area (Å²) in [4.78, 5) is 8.52. The Morgan fingerprint density at radius 2 is 1.42 bits per heavy atom. The number of aromatic nitrogens is 4. The van der Waals surface area contributed by atoms with Crippen LogP contribution in [0, 0.1) is 5.92 Å². The molecule has 0 radical (unpaired) electrons.